The smallest absolute Gasteiger partial charge is 0.268 e. The van der Waals surface area contributed by atoms with Gasteiger partial charge in [-0.2, -0.15) is 5.10 Å². The van der Waals surface area contributed by atoms with E-state index in [9.17, 15) is 9.90 Å². The summed E-state index contributed by atoms with van der Waals surface area (Å²) in [6.45, 7) is 0. The molecule has 8 heteroatoms. The predicted molar refractivity (Wildman–Crippen MR) is 78.9 cm³/mol. The van der Waals surface area contributed by atoms with Crippen molar-refractivity contribution in [1.82, 2.24) is 19.7 Å². The summed E-state index contributed by atoms with van der Waals surface area (Å²) < 4.78 is 1.73. The Morgan fingerprint density at radius 2 is 2.23 bits per heavy atom. The summed E-state index contributed by atoms with van der Waals surface area (Å²) in [5.74, 6) is 0.137. The Balaban J connectivity index is 1.83. The van der Waals surface area contributed by atoms with Crippen molar-refractivity contribution >= 4 is 11.7 Å². The molecule has 2 aromatic heterocycles. The molecule has 0 unspecified atom stereocenters. The van der Waals surface area contributed by atoms with E-state index in [4.69, 9.17) is 5.73 Å². The third-order valence-corrected chi connectivity index (χ3v) is 3.90. The lowest BCUT2D eigenvalue weighted by Crippen LogP contribution is -2.36. The van der Waals surface area contributed by atoms with Gasteiger partial charge in [0, 0.05) is 18.8 Å². The topological polar surface area (TPSA) is 119 Å². The highest BCUT2D eigenvalue weighted by atomic mass is 16.3. The molecule has 1 atom stereocenters. The van der Waals surface area contributed by atoms with Gasteiger partial charge < -0.3 is 16.2 Å². The zero-order valence-electron chi connectivity index (χ0n) is 12.2. The minimum atomic E-state index is -0.617. The van der Waals surface area contributed by atoms with Gasteiger partial charge >= 0.3 is 0 Å². The Morgan fingerprint density at radius 1 is 1.45 bits per heavy atom. The third-order valence-electron chi connectivity index (χ3n) is 3.90. The number of rotatable bonds is 5. The van der Waals surface area contributed by atoms with Crippen molar-refractivity contribution in [2.45, 2.75) is 25.0 Å². The molecule has 8 nitrogen and oxygen atoms in total. The summed E-state index contributed by atoms with van der Waals surface area (Å²) in [7, 11) is 1.85. The molecule has 1 aliphatic carbocycles. The molecule has 1 aliphatic rings. The first-order valence-electron chi connectivity index (χ1n) is 7.08. The monoisotopic (exact) mass is 302 g/mol. The van der Waals surface area contributed by atoms with Gasteiger partial charge in [-0.25, -0.2) is 4.98 Å². The molecule has 0 saturated heterocycles. The molecular weight excluding hydrogens is 284 g/mol. The molecule has 1 saturated carbocycles. The number of hydrogen-bond donors (Lipinski definition) is 3. The van der Waals surface area contributed by atoms with E-state index >= 15 is 0 Å². The quantitative estimate of drug-likeness (QED) is 0.727. The molecule has 0 radical (unpaired) electrons. The van der Waals surface area contributed by atoms with Gasteiger partial charge in [0.15, 0.2) is 0 Å². The lowest BCUT2D eigenvalue weighted by molar-refractivity contribution is 0.0339. The van der Waals surface area contributed by atoms with Crippen LogP contribution in [-0.2, 0) is 7.05 Å². The van der Waals surface area contributed by atoms with Crippen molar-refractivity contribution in [3.63, 3.8) is 0 Å². The first kappa shape index (κ1) is 14.5. The number of primary amides is 1. The van der Waals surface area contributed by atoms with Crippen molar-refractivity contribution in [2.24, 2.45) is 18.7 Å². The van der Waals surface area contributed by atoms with Crippen molar-refractivity contribution < 1.29 is 9.90 Å². The number of amides is 1. The van der Waals surface area contributed by atoms with Crippen LogP contribution >= 0.6 is 0 Å². The van der Waals surface area contributed by atoms with Gasteiger partial charge in [0.05, 0.1) is 30.7 Å². The molecule has 0 aromatic carbocycles. The molecule has 3 rings (SSSR count). The summed E-state index contributed by atoms with van der Waals surface area (Å²) in [5.41, 5.74) is 6.35. The highest BCUT2D eigenvalue weighted by Crippen LogP contribution is 2.39. The second-order valence-corrected chi connectivity index (χ2v) is 5.61. The number of aliphatic hydroxyl groups excluding tert-OH is 1. The second-order valence-electron chi connectivity index (χ2n) is 5.61. The maximum atomic E-state index is 11.2. The maximum Gasteiger partial charge on any atom is 0.268 e. The molecule has 1 amide bonds. The molecule has 22 heavy (non-hydrogen) atoms. The van der Waals surface area contributed by atoms with Gasteiger partial charge in [-0.1, -0.05) is 0 Å². The van der Waals surface area contributed by atoms with Gasteiger partial charge in [0.2, 0.25) is 0 Å². The second kappa shape index (κ2) is 5.72. The molecule has 0 aliphatic heterocycles. The molecule has 0 bridgehead atoms. The molecule has 4 N–H and O–H groups in total. The molecule has 2 aromatic rings. The van der Waals surface area contributed by atoms with Crippen molar-refractivity contribution in [2.75, 3.05) is 5.32 Å². The van der Waals surface area contributed by atoms with Crippen molar-refractivity contribution in [1.29, 1.82) is 0 Å². The van der Waals surface area contributed by atoms with Gasteiger partial charge in [-0.15, -0.1) is 0 Å². The van der Waals surface area contributed by atoms with E-state index in [0.717, 1.165) is 18.4 Å². The maximum absolute atomic E-state index is 11.2. The Hall–Kier alpha value is -2.48. The van der Waals surface area contributed by atoms with E-state index in [0.29, 0.717) is 5.82 Å². The number of nitrogens with one attached hydrogen (secondary N) is 1. The fraction of sp³-hybridized carbons (Fsp3) is 0.429. The van der Waals surface area contributed by atoms with Crippen LogP contribution in [0.5, 0.6) is 0 Å². The number of carbonyl (C=O) groups excluding carboxylic acids is 1. The highest BCUT2D eigenvalue weighted by Gasteiger charge is 2.35. The number of nitrogens with two attached hydrogens (primary N) is 1. The average molecular weight is 302 g/mol. The number of aromatic nitrogens is 4. The van der Waals surface area contributed by atoms with Crippen LogP contribution < -0.4 is 11.1 Å². The van der Waals surface area contributed by atoms with Crippen LogP contribution in [0, 0.1) is 5.92 Å². The predicted octanol–water partition coefficient (Wildman–Crippen LogP) is 0.233. The van der Waals surface area contributed by atoms with Crippen LogP contribution in [0.25, 0.3) is 0 Å². The lowest BCUT2D eigenvalue weighted by atomic mass is 9.75. The first-order chi connectivity index (χ1) is 10.5. The summed E-state index contributed by atoms with van der Waals surface area (Å²) in [6.07, 6.45) is 7.77. The summed E-state index contributed by atoms with van der Waals surface area (Å²) in [4.78, 5) is 19.3. The van der Waals surface area contributed by atoms with Crippen LogP contribution in [0.2, 0.25) is 0 Å². The average Bonchev–Trinajstić information content (AvgIpc) is 2.88. The van der Waals surface area contributed by atoms with Crippen LogP contribution in [0.4, 0.5) is 5.82 Å². The van der Waals surface area contributed by atoms with E-state index in [1.165, 1.54) is 6.20 Å². The minimum absolute atomic E-state index is 0.0467. The van der Waals surface area contributed by atoms with Crippen LogP contribution in [0.15, 0.2) is 24.8 Å². The minimum Gasteiger partial charge on any atom is -0.393 e. The highest BCUT2D eigenvalue weighted by molar-refractivity contribution is 5.90. The normalized spacial score (nSPS) is 21.9. The zero-order valence-corrected chi connectivity index (χ0v) is 12.2. The largest absolute Gasteiger partial charge is 0.393 e. The fourth-order valence-electron chi connectivity index (χ4n) is 2.69. The van der Waals surface area contributed by atoms with Gasteiger partial charge in [0.25, 0.3) is 5.91 Å². The molecular formula is C14H18N6O2. The van der Waals surface area contributed by atoms with Crippen LogP contribution in [0.3, 0.4) is 0 Å². The summed E-state index contributed by atoms with van der Waals surface area (Å²) in [5, 5.41) is 17.0. The standard InChI is InChI=1S/C14H18N6O2/c1-20-7-9(4-17-20)13(8-2-10(21)3-8)19-12-6-16-5-11(18-12)14(15)22/h4-8,10,13,21H,2-3H2,1H3,(H2,15,22)(H,18,19)/t8?,10?,13-/m0/s1. The first-order valence-corrected chi connectivity index (χ1v) is 7.08. The number of aryl methyl sites for hydroxylation is 1. The SMILES string of the molecule is Cn1cc([C@@H](Nc2cncc(C(N)=O)n2)C2CC(O)C2)cn1. The van der Waals surface area contributed by atoms with E-state index < -0.39 is 5.91 Å². The number of hydrogen-bond acceptors (Lipinski definition) is 6. The van der Waals surface area contributed by atoms with Gasteiger partial charge in [-0.3, -0.25) is 14.5 Å². The molecule has 0 spiro atoms. The Labute approximate surface area is 127 Å². The Bertz CT molecular complexity index is 679. The number of anilines is 1. The fourth-order valence-corrected chi connectivity index (χ4v) is 2.69. The van der Waals surface area contributed by atoms with Gasteiger partial charge in [-0.05, 0) is 18.8 Å². The Kier molecular flexibility index (Phi) is 3.76. The van der Waals surface area contributed by atoms with Gasteiger partial charge in [0.1, 0.15) is 11.5 Å². The van der Waals surface area contributed by atoms with Crippen molar-refractivity contribution in [3.8, 4) is 0 Å². The molecule has 1 fully saturated rings. The number of carbonyl (C=O) groups is 1. The Morgan fingerprint density at radius 3 is 2.82 bits per heavy atom. The van der Waals surface area contributed by atoms with Crippen LogP contribution in [-0.4, -0.2) is 36.9 Å². The zero-order chi connectivity index (χ0) is 15.7. The van der Waals surface area contributed by atoms with Crippen LogP contribution in [0.1, 0.15) is 34.9 Å². The molecule has 116 valence electrons. The van der Waals surface area contributed by atoms with E-state index in [2.05, 4.69) is 20.4 Å². The van der Waals surface area contributed by atoms with E-state index in [1.807, 2.05) is 13.2 Å². The number of nitrogens with zero attached hydrogens (tertiary/aromatic N) is 4. The summed E-state index contributed by atoms with van der Waals surface area (Å²) in [6, 6.07) is -0.0467. The third kappa shape index (κ3) is 2.91. The summed E-state index contributed by atoms with van der Waals surface area (Å²) >= 11 is 0. The lowest BCUT2D eigenvalue weighted by Gasteiger charge is -2.37. The van der Waals surface area contributed by atoms with E-state index in [1.54, 1.807) is 17.1 Å². The van der Waals surface area contributed by atoms with Crippen molar-refractivity contribution in [3.05, 3.63) is 36.0 Å². The molecule has 2 heterocycles. The number of aliphatic hydroxyl groups is 1. The van der Waals surface area contributed by atoms with E-state index in [-0.39, 0.29) is 23.8 Å².